The molecule has 2 aliphatic rings. The largest absolute Gasteiger partial charge is 0.349 e. The second-order valence-electron chi connectivity index (χ2n) is 8.41. The molecule has 1 saturated carbocycles. The second kappa shape index (κ2) is 9.82. The number of benzene rings is 1. The molecule has 1 aliphatic carbocycles. The summed E-state index contributed by atoms with van der Waals surface area (Å²) in [6.45, 7) is 4.40. The van der Waals surface area contributed by atoms with E-state index in [9.17, 15) is 19.7 Å². The molecule has 158 valence electrons. The van der Waals surface area contributed by atoms with Crippen molar-refractivity contribution in [1.82, 2.24) is 10.6 Å². The van der Waals surface area contributed by atoms with E-state index in [1.807, 2.05) is 0 Å². The van der Waals surface area contributed by atoms with Crippen LogP contribution in [-0.4, -0.2) is 48.5 Å². The van der Waals surface area contributed by atoms with E-state index in [0.29, 0.717) is 24.1 Å². The van der Waals surface area contributed by atoms with Gasteiger partial charge in [-0.2, -0.15) is 0 Å². The number of nitro groups is 1. The molecule has 1 aromatic rings. The van der Waals surface area contributed by atoms with Gasteiger partial charge in [-0.1, -0.05) is 19.8 Å². The Kier molecular flexibility index (Phi) is 7.19. The van der Waals surface area contributed by atoms with Gasteiger partial charge in [0.05, 0.1) is 18.0 Å². The molecule has 2 atom stereocenters. The average molecular weight is 404 g/mol. The van der Waals surface area contributed by atoms with Gasteiger partial charge in [0.1, 0.15) is 0 Å². The van der Waals surface area contributed by atoms with Crippen LogP contribution in [0.1, 0.15) is 55.8 Å². The summed E-state index contributed by atoms with van der Waals surface area (Å²) in [5.74, 6) is 0.479. The van der Waals surface area contributed by atoms with Crippen molar-refractivity contribution in [3.63, 3.8) is 0 Å². The minimum Gasteiger partial charge on any atom is -0.349 e. The second-order valence-corrected chi connectivity index (χ2v) is 8.41. The van der Waals surface area contributed by atoms with Crippen molar-refractivity contribution in [3.8, 4) is 0 Å². The van der Waals surface area contributed by atoms with Crippen LogP contribution >= 0.6 is 0 Å². The Labute approximate surface area is 171 Å². The Bertz CT molecular complexity index is 729. The first-order valence-electron chi connectivity index (χ1n) is 10.6. The zero-order valence-electron chi connectivity index (χ0n) is 17.0. The van der Waals surface area contributed by atoms with Crippen molar-refractivity contribution in [2.24, 2.45) is 5.92 Å². The molecule has 1 saturated heterocycles. The fourth-order valence-electron chi connectivity index (χ4n) is 4.37. The Morgan fingerprint density at radius 1 is 1.07 bits per heavy atom. The van der Waals surface area contributed by atoms with Gasteiger partial charge in [0.15, 0.2) is 6.54 Å². The summed E-state index contributed by atoms with van der Waals surface area (Å²) in [6, 6.07) is 6.02. The SMILES string of the molecule is C[C@@H]1CCCC[C@@H]1NC(=O)C[NH+]1CCC(NC(=O)c2ccc([N+](=O)[O-])cc2)CC1. The third kappa shape index (κ3) is 6.00. The lowest BCUT2D eigenvalue weighted by molar-refractivity contribution is -0.897. The van der Waals surface area contributed by atoms with Crippen LogP contribution in [0.4, 0.5) is 5.69 Å². The molecule has 29 heavy (non-hydrogen) atoms. The molecule has 1 heterocycles. The monoisotopic (exact) mass is 403 g/mol. The van der Waals surface area contributed by atoms with Crippen LogP contribution in [0.15, 0.2) is 24.3 Å². The maximum absolute atomic E-state index is 12.4. The highest BCUT2D eigenvalue weighted by Gasteiger charge is 2.28. The number of quaternary nitrogens is 1. The lowest BCUT2D eigenvalue weighted by Crippen LogP contribution is -3.14. The molecule has 1 aliphatic heterocycles. The van der Waals surface area contributed by atoms with Crippen LogP contribution in [-0.2, 0) is 4.79 Å². The van der Waals surface area contributed by atoms with E-state index in [2.05, 4.69) is 17.6 Å². The number of amides is 2. The summed E-state index contributed by atoms with van der Waals surface area (Å²) in [4.78, 5) is 36.2. The van der Waals surface area contributed by atoms with Crippen molar-refractivity contribution in [1.29, 1.82) is 0 Å². The lowest BCUT2D eigenvalue weighted by Gasteiger charge is -2.32. The molecule has 1 aromatic carbocycles. The molecule has 0 spiro atoms. The number of piperidine rings is 1. The highest BCUT2D eigenvalue weighted by atomic mass is 16.6. The summed E-state index contributed by atoms with van der Waals surface area (Å²) in [6.07, 6.45) is 6.37. The summed E-state index contributed by atoms with van der Waals surface area (Å²) in [5, 5.41) is 16.9. The van der Waals surface area contributed by atoms with Gasteiger partial charge < -0.3 is 15.5 Å². The number of hydrogen-bond acceptors (Lipinski definition) is 4. The number of nitrogens with zero attached hydrogens (tertiary/aromatic N) is 1. The summed E-state index contributed by atoms with van der Waals surface area (Å²) in [7, 11) is 0. The normalized spacial score (nSPS) is 27.1. The fraction of sp³-hybridized carbons (Fsp3) is 0.619. The molecule has 0 aromatic heterocycles. The van der Waals surface area contributed by atoms with Gasteiger partial charge in [-0.25, -0.2) is 0 Å². The van der Waals surface area contributed by atoms with E-state index in [4.69, 9.17) is 0 Å². The van der Waals surface area contributed by atoms with E-state index in [1.54, 1.807) is 0 Å². The van der Waals surface area contributed by atoms with Crippen molar-refractivity contribution >= 4 is 17.5 Å². The first-order chi connectivity index (χ1) is 13.9. The van der Waals surface area contributed by atoms with Gasteiger partial charge in [0, 0.05) is 42.6 Å². The van der Waals surface area contributed by atoms with Crippen molar-refractivity contribution in [3.05, 3.63) is 39.9 Å². The third-order valence-electron chi connectivity index (χ3n) is 6.24. The molecule has 8 heteroatoms. The summed E-state index contributed by atoms with van der Waals surface area (Å²) in [5.41, 5.74) is 0.394. The van der Waals surface area contributed by atoms with Crippen LogP contribution in [0.3, 0.4) is 0 Å². The minimum atomic E-state index is -0.481. The lowest BCUT2D eigenvalue weighted by atomic mass is 9.86. The Morgan fingerprint density at radius 2 is 1.72 bits per heavy atom. The molecule has 0 bridgehead atoms. The average Bonchev–Trinajstić information content (AvgIpc) is 2.71. The molecule has 3 N–H and O–H groups in total. The Morgan fingerprint density at radius 3 is 2.34 bits per heavy atom. The molecule has 3 rings (SSSR count). The summed E-state index contributed by atoms with van der Waals surface area (Å²) >= 11 is 0. The van der Waals surface area contributed by atoms with Gasteiger partial charge in [0.25, 0.3) is 17.5 Å². The van der Waals surface area contributed by atoms with Gasteiger partial charge in [-0.15, -0.1) is 0 Å². The number of hydrogen-bond donors (Lipinski definition) is 3. The number of likely N-dealkylation sites (tertiary alicyclic amines) is 1. The van der Waals surface area contributed by atoms with Gasteiger partial charge in [-0.3, -0.25) is 19.7 Å². The van der Waals surface area contributed by atoms with Gasteiger partial charge in [0.2, 0.25) is 0 Å². The van der Waals surface area contributed by atoms with E-state index >= 15 is 0 Å². The number of non-ortho nitro benzene ring substituents is 1. The highest BCUT2D eigenvalue weighted by molar-refractivity contribution is 5.94. The predicted molar refractivity (Wildman–Crippen MR) is 109 cm³/mol. The molecule has 8 nitrogen and oxygen atoms in total. The predicted octanol–water partition coefficient (Wildman–Crippen LogP) is 1.07. The van der Waals surface area contributed by atoms with Crippen molar-refractivity contribution < 1.29 is 19.4 Å². The zero-order chi connectivity index (χ0) is 20.8. The first-order valence-corrected chi connectivity index (χ1v) is 10.6. The summed E-state index contributed by atoms with van der Waals surface area (Å²) < 4.78 is 0. The minimum absolute atomic E-state index is 0.0284. The molecule has 0 radical (unpaired) electrons. The number of nitrogens with one attached hydrogen (secondary N) is 3. The van der Waals surface area contributed by atoms with Crippen LogP contribution in [0.25, 0.3) is 0 Å². The van der Waals surface area contributed by atoms with Gasteiger partial charge >= 0.3 is 0 Å². The maximum atomic E-state index is 12.4. The van der Waals surface area contributed by atoms with Crippen molar-refractivity contribution in [2.75, 3.05) is 19.6 Å². The Balaban J connectivity index is 1.40. The number of carbonyl (C=O) groups excluding carboxylic acids is 2. The zero-order valence-corrected chi connectivity index (χ0v) is 17.0. The van der Waals surface area contributed by atoms with Crippen LogP contribution < -0.4 is 15.5 Å². The molecule has 2 fully saturated rings. The number of carbonyl (C=O) groups is 2. The fourth-order valence-corrected chi connectivity index (χ4v) is 4.37. The maximum Gasteiger partial charge on any atom is 0.275 e. The smallest absolute Gasteiger partial charge is 0.275 e. The first kappa shape index (κ1) is 21.2. The van der Waals surface area contributed by atoms with Crippen LogP contribution in [0.5, 0.6) is 0 Å². The van der Waals surface area contributed by atoms with Gasteiger partial charge in [-0.05, 0) is 30.9 Å². The topological polar surface area (TPSA) is 106 Å². The van der Waals surface area contributed by atoms with E-state index in [1.165, 1.54) is 48.4 Å². The molecular formula is C21H31N4O4+. The van der Waals surface area contributed by atoms with E-state index in [0.717, 1.165) is 32.4 Å². The third-order valence-corrected chi connectivity index (χ3v) is 6.24. The van der Waals surface area contributed by atoms with Crippen LogP contribution in [0.2, 0.25) is 0 Å². The van der Waals surface area contributed by atoms with Crippen molar-refractivity contribution in [2.45, 2.75) is 57.5 Å². The standard InChI is InChI=1S/C21H30N4O4/c1-15-4-2-3-5-19(15)23-20(26)14-24-12-10-17(11-13-24)22-21(27)16-6-8-18(9-7-16)25(28)29/h6-9,15,17,19H,2-5,10-14H2,1H3,(H,22,27)(H,23,26)/p+1/t15-,19+/m1/s1. The van der Waals surface area contributed by atoms with Crippen LogP contribution in [0, 0.1) is 16.0 Å². The molecule has 2 amide bonds. The van der Waals surface area contributed by atoms with E-state index < -0.39 is 4.92 Å². The number of nitro benzene ring substituents is 1. The Hall–Kier alpha value is -2.48. The van der Waals surface area contributed by atoms with E-state index in [-0.39, 0.29) is 23.5 Å². The number of rotatable bonds is 6. The molecular weight excluding hydrogens is 372 g/mol. The molecule has 0 unspecified atom stereocenters. The highest BCUT2D eigenvalue weighted by Crippen LogP contribution is 2.23. The quantitative estimate of drug-likeness (QED) is 0.488.